The predicted octanol–water partition coefficient (Wildman–Crippen LogP) is 2.43. The molecule has 1 aliphatic carbocycles. The molecule has 0 bridgehead atoms. The van der Waals surface area contributed by atoms with Crippen molar-refractivity contribution < 1.29 is 9.53 Å². The Balaban J connectivity index is 1.94. The summed E-state index contributed by atoms with van der Waals surface area (Å²) in [6.45, 7) is 1.75. The highest BCUT2D eigenvalue weighted by molar-refractivity contribution is 5.80. The van der Waals surface area contributed by atoms with E-state index < -0.39 is 5.54 Å². The van der Waals surface area contributed by atoms with E-state index in [4.69, 9.17) is 10.5 Å². The summed E-state index contributed by atoms with van der Waals surface area (Å²) >= 11 is 0. The lowest BCUT2D eigenvalue weighted by Gasteiger charge is -2.24. The van der Waals surface area contributed by atoms with Gasteiger partial charge in [0, 0.05) is 6.42 Å². The zero-order valence-electron chi connectivity index (χ0n) is 10.9. The summed E-state index contributed by atoms with van der Waals surface area (Å²) in [5, 5.41) is 0. The predicted molar refractivity (Wildman–Crippen MR) is 71.1 cm³/mol. The molecule has 0 heterocycles. The first-order chi connectivity index (χ1) is 8.58. The monoisotopic (exact) mass is 247 g/mol. The molecule has 3 nitrogen and oxygen atoms in total. The minimum Gasteiger partial charge on any atom is -0.461 e. The molecule has 1 atom stereocenters. The van der Waals surface area contributed by atoms with Gasteiger partial charge in [0.1, 0.15) is 11.6 Å². The molecular formula is C15H21NO2. The average Bonchev–Trinajstić information content (AvgIpc) is 2.82. The lowest BCUT2D eigenvalue weighted by Crippen LogP contribution is -2.49. The SMILES string of the molecule is CC(N)(Cc1ccccc1)C(=O)OC1CCCC1. The molecule has 1 fully saturated rings. The second kappa shape index (κ2) is 5.53. The van der Waals surface area contributed by atoms with Crippen LogP contribution < -0.4 is 5.73 Å². The van der Waals surface area contributed by atoms with Gasteiger partial charge in [0.05, 0.1) is 0 Å². The fourth-order valence-corrected chi connectivity index (χ4v) is 2.38. The summed E-state index contributed by atoms with van der Waals surface area (Å²) in [7, 11) is 0. The Morgan fingerprint density at radius 2 is 1.94 bits per heavy atom. The number of hydrogen-bond acceptors (Lipinski definition) is 3. The molecule has 1 aromatic rings. The van der Waals surface area contributed by atoms with E-state index in [9.17, 15) is 4.79 Å². The molecule has 0 radical (unpaired) electrons. The summed E-state index contributed by atoms with van der Waals surface area (Å²) in [6.07, 6.45) is 4.85. The van der Waals surface area contributed by atoms with Crippen molar-refractivity contribution in [3.63, 3.8) is 0 Å². The molecular weight excluding hydrogens is 226 g/mol. The highest BCUT2D eigenvalue weighted by Crippen LogP contribution is 2.23. The van der Waals surface area contributed by atoms with Crippen LogP contribution in [0.15, 0.2) is 30.3 Å². The van der Waals surface area contributed by atoms with Gasteiger partial charge in [0.2, 0.25) is 0 Å². The molecule has 2 N–H and O–H groups in total. The Hall–Kier alpha value is -1.35. The van der Waals surface area contributed by atoms with Crippen LogP contribution in [0.5, 0.6) is 0 Å². The summed E-state index contributed by atoms with van der Waals surface area (Å²) in [5.74, 6) is -0.279. The lowest BCUT2D eigenvalue weighted by molar-refractivity contribution is -0.154. The molecule has 0 spiro atoms. The van der Waals surface area contributed by atoms with Crippen molar-refractivity contribution in [3.8, 4) is 0 Å². The minimum atomic E-state index is -0.941. The number of benzene rings is 1. The van der Waals surface area contributed by atoms with Crippen molar-refractivity contribution in [1.29, 1.82) is 0 Å². The standard InChI is InChI=1S/C15H21NO2/c1-15(16,11-12-7-3-2-4-8-12)14(17)18-13-9-5-6-10-13/h2-4,7-8,13H,5-6,9-11,16H2,1H3. The number of nitrogens with two attached hydrogens (primary N) is 1. The number of ether oxygens (including phenoxy) is 1. The Morgan fingerprint density at radius 1 is 1.33 bits per heavy atom. The fraction of sp³-hybridized carbons (Fsp3) is 0.533. The maximum atomic E-state index is 12.1. The van der Waals surface area contributed by atoms with Crippen molar-refractivity contribution in [3.05, 3.63) is 35.9 Å². The molecule has 0 aromatic heterocycles. The topological polar surface area (TPSA) is 52.3 Å². The number of carbonyl (C=O) groups excluding carboxylic acids is 1. The van der Waals surface area contributed by atoms with Crippen molar-refractivity contribution >= 4 is 5.97 Å². The highest BCUT2D eigenvalue weighted by atomic mass is 16.5. The summed E-state index contributed by atoms with van der Waals surface area (Å²) < 4.78 is 5.48. The highest BCUT2D eigenvalue weighted by Gasteiger charge is 2.33. The Labute approximate surface area is 108 Å². The van der Waals surface area contributed by atoms with E-state index in [1.807, 2.05) is 30.3 Å². The number of rotatable bonds is 4. The molecule has 18 heavy (non-hydrogen) atoms. The van der Waals surface area contributed by atoms with Crippen molar-refractivity contribution in [2.24, 2.45) is 5.73 Å². The van der Waals surface area contributed by atoms with Gasteiger partial charge in [-0.25, -0.2) is 0 Å². The second-order valence-electron chi connectivity index (χ2n) is 5.39. The van der Waals surface area contributed by atoms with Gasteiger partial charge in [0.15, 0.2) is 0 Å². The Kier molecular flexibility index (Phi) is 4.02. The molecule has 0 aliphatic heterocycles. The van der Waals surface area contributed by atoms with Gasteiger partial charge < -0.3 is 10.5 Å². The largest absolute Gasteiger partial charge is 0.461 e. The smallest absolute Gasteiger partial charge is 0.326 e. The minimum absolute atomic E-state index is 0.0798. The summed E-state index contributed by atoms with van der Waals surface area (Å²) in [4.78, 5) is 12.1. The zero-order valence-corrected chi connectivity index (χ0v) is 10.9. The van der Waals surface area contributed by atoms with Crippen LogP contribution in [0.1, 0.15) is 38.2 Å². The molecule has 2 rings (SSSR count). The van der Waals surface area contributed by atoms with Crippen LogP contribution in [0, 0.1) is 0 Å². The maximum absolute atomic E-state index is 12.1. The van der Waals surface area contributed by atoms with E-state index in [0.29, 0.717) is 6.42 Å². The van der Waals surface area contributed by atoms with Gasteiger partial charge >= 0.3 is 5.97 Å². The van der Waals surface area contributed by atoms with Crippen molar-refractivity contribution in [2.75, 3.05) is 0 Å². The fourth-order valence-electron chi connectivity index (χ4n) is 2.38. The lowest BCUT2D eigenvalue weighted by atomic mass is 9.94. The normalized spacial score (nSPS) is 19.4. The number of carbonyl (C=O) groups is 1. The van der Waals surface area contributed by atoms with Crippen LogP contribution in [0.25, 0.3) is 0 Å². The van der Waals surface area contributed by atoms with Gasteiger partial charge in [-0.2, -0.15) is 0 Å². The average molecular weight is 247 g/mol. The molecule has 1 aromatic carbocycles. The third kappa shape index (κ3) is 3.33. The van der Waals surface area contributed by atoms with E-state index in [2.05, 4.69) is 0 Å². The Morgan fingerprint density at radius 3 is 2.56 bits per heavy atom. The van der Waals surface area contributed by atoms with Gasteiger partial charge in [-0.15, -0.1) is 0 Å². The van der Waals surface area contributed by atoms with Crippen LogP contribution in [0.2, 0.25) is 0 Å². The van der Waals surface area contributed by atoms with Crippen LogP contribution in [-0.4, -0.2) is 17.6 Å². The maximum Gasteiger partial charge on any atom is 0.326 e. The quantitative estimate of drug-likeness (QED) is 0.831. The second-order valence-corrected chi connectivity index (χ2v) is 5.39. The number of hydrogen-bond donors (Lipinski definition) is 1. The van der Waals surface area contributed by atoms with E-state index >= 15 is 0 Å². The van der Waals surface area contributed by atoms with E-state index in [-0.39, 0.29) is 12.1 Å². The molecule has 1 unspecified atom stereocenters. The molecule has 1 saturated carbocycles. The first-order valence-electron chi connectivity index (χ1n) is 6.62. The molecule has 98 valence electrons. The van der Waals surface area contributed by atoms with E-state index in [0.717, 1.165) is 31.2 Å². The first kappa shape index (κ1) is 13.1. The van der Waals surface area contributed by atoms with E-state index in [1.54, 1.807) is 6.92 Å². The third-order valence-electron chi connectivity index (χ3n) is 3.46. The first-order valence-corrected chi connectivity index (χ1v) is 6.62. The van der Waals surface area contributed by atoms with Crippen LogP contribution in [0.4, 0.5) is 0 Å². The van der Waals surface area contributed by atoms with Crippen molar-refractivity contribution in [1.82, 2.24) is 0 Å². The summed E-state index contributed by atoms with van der Waals surface area (Å²) in [6, 6.07) is 9.82. The molecule has 0 amide bonds. The van der Waals surface area contributed by atoms with Gasteiger partial charge in [-0.3, -0.25) is 4.79 Å². The molecule has 1 aliphatic rings. The zero-order chi connectivity index (χ0) is 13.0. The Bertz CT molecular complexity index is 394. The molecule has 0 saturated heterocycles. The molecule has 3 heteroatoms. The van der Waals surface area contributed by atoms with Gasteiger partial charge in [-0.1, -0.05) is 30.3 Å². The van der Waals surface area contributed by atoms with E-state index in [1.165, 1.54) is 0 Å². The van der Waals surface area contributed by atoms with Crippen LogP contribution in [-0.2, 0) is 16.0 Å². The summed E-state index contributed by atoms with van der Waals surface area (Å²) in [5.41, 5.74) is 6.22. The van der Waals surface area contributed by atoms with Crippen LogP contribution >= 0.6 is 0 Å². The van der Waals surface area contributed by atoms with Gasteiger partial charge in [-0.05, 0) is 38.2 Å². The third-order valence-corrected chi connectivity index (χ3v) is 3.46. The van der Waals surface area contributed by atoms with Crippen molar-refractivity contribution in [2.45, 2.75) is 50.7 Å². The van der Waals surface area contributed by atoms with Crippen LogP contribution in [0.3, 0.4) is 0 Å². The number of esters is 1. The van der Waals surface area contributed by atoms with Gasteiger partial charge in [0.25, 0.3) is 0 Å².